The predicted molar refractivity (Wildman–Crippen MR) is 75.5 cm³/mol. The van der Waals surface area contributed by atoms with Crippen molar-refractivity contribution in [2.75, 3.05) is 19.6 Å². The van der Waals surface area contributed by atoms with Gasteiger partial charge in [-0.1, -0.05) is 0 Å². The number of carbonyl (C=O) groups excluding carboxylic acids is 1. The molecule has 0 bridgehead atoms. The highest BCUT2D eigenvalue weighted by molar-refractivity contribution is 5.84. The molecule has 0 radical (unpaired) electrons. The van der Waals surface area contributed by atoms with Gasteiger partial charge in [0.15, 0.2) is 0 Å². The second-order valence-electron chi connectivity index (χ2n) is 5.35. The Bertz CT molecular complexity index is 468. The van der Waals surface area contributed by atoms with Gasteiger partial charge in [0.2, 0.25) is 5.91 Å². The van der Waals surface area contributed by atoms with Crippen LogP contribution in [0.25, 0.3) is 0 Å². The second-order valence-corrected chi connectivity index (χ2v) is 5.35. The van der Waals surface area contributed by atoms with Crippen LogP contribution in [0.15, 0.2) is 12.5 Å². The molecule has 1 saturated heterocycles. The number of aromatic nitrogens is 2. The van der Waals surface area contributed by atoms with Gasteiger partial charge in [0.05, 0.1) is 12.9 Å². The van der Waals surface area contributed by atoms with E-state index in [4.69, 9.17) is 5.73 Å². The smallest absolute Gasteiger partial charge is 0.326 e. The molecule has 8 nitrogen and oxygen atoms in total. The van der Waals surface area contributed by atoms with Crippen molar-refractivity contribution in [1.82, 2.24) is 20.2 Å². The van der Waals surface area contributed by atoms with Gasteiger partial charge in [-0.3, -0.25) is 9.69 Å². The van der Waals surface area contributed by atoms with E-state index in [2.05, 4.69) is 15.3 Å². The summed E-state index contributed by atoms with van der Waals surface area (Å²) in [6.45, 7) is 1.75. The zero-order valence-corrected chi connectivity index (χ0v) is 11.8. The quantitative estimate of drug-likeness (QED) is 0.530. The van der Waals surface area contributed by atoms with Crippen LogP contribution in [0.3, 0.4) is 0 Å². The number of H-pyrrole nitrogens is 1. The Kier molecular flexibility index (Phi) is 5.29. The maximum absolute atomic E-state index is 12.0. The minimum Gasteiger partial charge on any atom is -0.480 e. The summed E-state index contributed by atoms with van der Waals surface area (Å²) in [7, 11) is 0. The topological polar surface area (TPSA) is 124 Å². The third-order valence-corrected chi connectivity index (χ3v) is 3.61. The van der Waals surface area contributed by atoms with Crippen LogP contribution in [0.4, 0.5) is 0 Å². The Morgan fingerprint density at radius 3 is 2.81 bits per heavy atom. The molecule has 1 atom stereocenters. The van der Waals surface area contributed by atoms with Crippen molar-refractivity contribution in [3.8, 4) is 0 Å². The number of carboxylic acids is 1. The maximum Gasteiger partial charge on any atom is 0.326 e. The summed E-state index contributed by atoms with van der Waals surface area (Å²) in [6.07, 6.45) is 4.95. The maximum atomic E-state index is 12.0. The molecule has 1 aliphatic heterocycles. The zero-order valence-electron chi connectivity index (χ0n) is 11.8. The minimum atomic E-state index is -1.06. The summed E-state index contributed by atoms with van der Waals surface area (Å²) in [6, 6.07) is -0.749. The number of nitrogens with zero attached hydrogens (tertiary/aromatic N) is 2. The van der Waals surface area contributed by atoms with Crippen LogP contribution in [0, 0.1) is 0 Å². The minimum absolute atomic E-state index is 0.186. The highest BCUT2D eigenvalue weighted by Crippen LogP contribution is 2.07. The SMILES string of the molecule is NC1CCN(CC(=O)N[C@H](Cc2cnc[nH]2)C(=O)O)CC1. The first-order valence-electron chi connectivity index (χ1n) is 7.02. The van der Waals surface area contributed by atoms with Crippen LogP contribution in [0.1, 0.15) is 18.5 Å². The normalized spacial score (nSPS) is 18.3. The number of imidazole rings is 1. The number of nitrogens with one attached hydrogen (secondary N) is 2. The molecule has 2 heterocycles. The monoisotopic (exact) mass is 295 g/mol. The first-order chi connectivity index (χ1) is 10.0. The molecule has 0 spiro atoms. The average molecular weight is 295 g/mol. The molecule has 8 heteroatoms. The molecule has 2 rings (SSSR count). The van der Waals surface area contributed by atoms with Crippen molar-refractivity contribution < 1.29 is 14.7 Å². The lowest BCUT2D eigenvalue weighted by atomic mass is 10.1. The zero-order chi connectivity index (χ0) is 15.2. The predicted octanol–water partition coefficient (Wildman–Crippen LogP) is -1.06. The molecule has 0 unspecified atom stereocenters. The standard InChI is InChI=1S/C13H21N5O3/c14-9-1-3-18(4-2-9)7-12(19)17-11(13(20)21)5-10-6-15-8-16-10/h6,8-9,11H,1-5,7,14H2,(H,15,16)(H,17,19)(H,20,21)/t11-/m1/s1. The summed E-state index contributed by atoms with van der Waals surface area (Å²) in [5.74, 6) is -1.34. The van der Waals surface area contributed by atoms with Gasteiger partial charge in [0.25, 0.3) is 0 Å². The van der Waals surface area contributed by atoms with Crippen molar-refractivity contribution in [2.45, 2.75) is 31.3 Å². The van der Waals surface area contributed by atoms with Crippen molar-refractivity contribution in [1.29, 1.82) is 0 Å². The van der Waals surface area contributed by atoms with Gasteiger partial charge in [-0.15, -0.1) is 0 Å². The molecular weight excluding hydrogens is 274 g/mol. The molecule has 1 fully saturated rings. The average Bonchev–Trinajstić information content (AvgIpc) is 2.93. The van der Waals surface area contributed by atoms with E-state index in [9.17, 15) is 14.7 Å². The lowest BCUT2D eigenvalue weighted by Crippen LogP contribution is -2.49. The van der Waals surface area contributed by atoms with Crippen LogP contribution in [-0.2, 0) is 16.0 Å². The van der Waals surface area contributed by atoms with Gasteiger partial charge in [0.1, 0.15) is 6.04 Å². The second kappa shape index (κ2) is 7.19. The number of carbonyl (C=O) groups is 2. The van der Waals surface area contributed by atoms with Crippen molar-refractivity contribution in [3.63, 3.8) is 0 Å². The Balaban J connectivity index is 1.82. The molecule has 0 aromatic carbocycles. The van der Waals surface area contributed by atoms with Crippen molar-refractivity contribution in [3.05, 3.63) is 18.2 Å². The van der Waals surface area contributed by atoms with Crippen LogP contribution < -0.4 is 11.1 Å². The number of likely N-dealkylation sites (tertiary alicyclic amines) is 1. The van der Waals surface area contributed by atoms with Crippen LogP contribution in [0.5, 0.6) is 0 Å². The van der Waals surface area contributed by atoms with Crippen LogP contribution in [-0.4, -0.2) is 63.6 Å². The summed E-state index contributed by atoms with van der Waals surface area (Å²) in [4.78, 5) is 31.8. The third-order valence-electron chi connectivity index (χ3n) is 3.61. The molecule has 0 aliphatic carbocycles. The Morgan fingerprint density at radius 1 is 1.52 bits per heavy atom. The highest BCUT2D eigenvalue weighted by Gasteiger charge is 2.23. The lowest BCUT2D eigenvalue weighted by Gasteiger charge is -2.29. The molecule has 21 heavy (non-hydrogen) atoms. The molecule has 116 valence electrons. The summed E-state index contributed by atoms with van der Waals surface area (Å²) in [5.41, 5.74) is 6.48. The number of piperidine rings is 1. The van der Waals surface area contributed by atoms with Gasteiger partial charge in [0, 0.05) is 37.4 Å². The van der Waals surface area contributed by atoms with Gasteiger partial charge < -0.3 is 21.1 Å². The Morgan fingerprint density at radius 2 is 2.24 bits per heavy atom. The first-order valence-corrected chi connectivity index (χ1v) is 7.02. The molecule has 1 amide bonds. The fourth-order valence-corrected chi connectivity index (χ4v) is 2.37. The number of hydrogen-bond donors (Lipinski definition) is 4. The van der Waals surface area contributed by atoms with E-state index >= 15 is 0 Å². The van der Waals surface area contributed by atoms with Gasteiger partial charge in [-0.05, 0) is 12.8 Å². The van der Waals surface area contributed by atoms with Crippen molar-refractivity contribution in [2.24, 2.45) is 5.73 Å². The molecule has 5 N–H and O–H groups in total. The summed E-state index contributed by atoms with van der Waals surface area (Å²) >= 11 is 0. The van der Waals surface area contributed by atoms with Crippen LogP contribution >= 0.6 is 0 Å². The molecule has 1 aromatic heterocycles. The van der Waals surface area contributed by atoms with Gasteiger partial charge in [-0.2, -0.15) is 0 Å². The first kappa shape index (κ1) is 15.5. The fourth-order valence-electron chi connectivity index (χ4n) is 2.37. The van der Waals surface area contributed by atoms with E-state index in [0.29, 0.717) is 5.69 Å². The fraction of sp³-hybridized carbons (Fsp3) is 0.615. The van der Waals surface area contributed by atoms with E-state index in [-0.39, 0.29) is 24.9 Å². The Hall–Kier alpha value is -1.93. The summed E-state index contributed by atoms with van der Waals surface area (Å²) < 4.78 is 0. The number of aliphatic carboxylic acids is 1. The van der Waals surface area contributed by atoms with Gasteiger partial charge in [-0.25, -0.2) is 9.78 Å². The highest BCUT2D eigenvalue weighted by atomic mass is 16.4. The Labute approximate surface area is 122 Å². The molecule has 1 aliphatic rings. The van der Waals surface area contributed by atoms with E-state index < -0.39 is 12.0 Å². The lowest BCUT2D eigenvalue weighted by molar-refractivity contribution is -0.142. The number of amides is 1. The van der Waals surface area contributed by atoms with Crippen molar-refractivity contribution >= 4 is 11.9 Å². The number of hydrogen-bond acceptors (Lipinski definition) is 5. The van der Waals surface area contributed by atoms with E-state index in [1.54, 1.807) is 6.20 Å². The van der Waals surface area contributed by atoms with E-state index in [0.717, 1.165) is 25.9 Å². The third kappa shape index (κ3) is 4.83. The molecule has 1 aromatic rings. The molecule has 0 saturated carbocycles. The molecular formula is C13H21N5O3. The van der Waals surface area contributed by atoms with E-state index in [1.165, 1.54) is 6.33 Å². The summed E-state index contributed by atoms with van der Waals surface area (Å²) in [5, 5.41) is 11.7. The van der Waals surface area contributed by atoms with Crippen LogP contribution in [0.2, 0.25) is 0 Å². The van der Waals surface area contributed by atoms with Gasteiger partial charge >= 0.3 is 5.97 Å². The number of rotatable bonds is 6. The number of aromatic amines is 1. The largest absolute Gasteiger partial charge is 0.480 e. The number of carboxylic acid groups (broad SMARTS) is 1. The van der Waals surface area contributed by atoms with E-state index in [1.807, 2.05) is 4.90 Å². The number of nitrogens with two attached hydrogens (primary N) is 1.